The van der Waals surface area contributed by atoms with E-state index < -0.39 is 42.4 Å². The second-order valence-corrected chi connectivity index (χ2v) is 6.85. The van der Waals surface area contributed by atoms with Gasteiger partial charge in [0, 0.05) is 12.1 Å². The van der Waals surface area contributed by atoms with Crippen LogP contribution in [0.1, 0.15) is 22.3 Å². The summed E-state index contributed by atoms with van der Waals surface area (Å²) < 4.78 is 0. The van der Waals surface area contributed by atoms with E-state index in [0.717, 1.165) is 12.1 Å². The summed E-state index contributed by atoms with van der Waals surface area (Å²) in [6.07, 6.45) is 6.07. The quantitative estimate of drug-likeness (QED) is 0.234. The second-order valence-electron chi connectivity index (χ2n) is 6.85. The third-order valence-electron chi connectivity index (χ3n) is 4.66. The molecule has 12 heteroatoms. The molecular formula is C22H14N4O8. The van der Waals surface area contributed by atoms with Gasteiger partial charge in [-0.05, 0) is 41.5 Å². The highest BCUT2D eigenvalue weighted by molar-refractivity contribution is 5.78. The first-order valence-electron chi connectivity index (χ1n) is 9.47. The van der Waals surface area contributed by atoms with E-state index in [1.165, 1.54) is 36.4 Å². The highest BCUT2D eigenvalue weighted by Gasteiger charge is 2.18. The Hall–Kier alpha value is -5.26. The normalized spacial score (nSPS) is 11.1. The molecule has 3 aromatic rings. The predicted octanol–water partition coefficient (Wildman–Crippen LogP) is 5.66. The summed E-state index contributed by atoms with van der Waals surface area (Å²) >= 11 is 0. The van der Waals surface area contributed by atoms with Gasteiger partial charge in [-0.25, -0.2) is 0 Å². The molecule has 0 N–H and O–H groups in total. The first-order valence-corrected chi connectivity index (χ1v) is 9.47. The Balaban J connectivity index is 1.88. The lowest BCUT2D eigenvalue weighted by Gasteiger charge is -2.00. The molecule has 0 bridgehead atoms. The maximum absolute atomic E-state index is 11.3. The van der Waals surface area contributed by atoms with E-state index in [1.54, 1.807) is 36.4 Å². The van der Waals surface area contributed by atoms with Gasteiger partial charge in [0.15, 0.2) is 0 Å². The molecule has 170 valence electrons. The van der Waals surface area contributed by atoms with Crippen LogP contribution in [0, 0.1) is 40.5 Å². The van der Waals surface area contributed by atoms with Gasteiger partial charge in [-0.1, -0.05) is 30.4 Å². The smallest absolute Gasteiger partial charge is 0.258 e. The van der Waals surface area contributed by atoms with Crippen LogP contribution in [-0.4, -0.2) is 19.7 Å². The fourth-order valence-electron chi connectivity index (χ4n) is 3.03. The lowest BCUT2D eigenvalue weighted by Crippen LogP contribution is -1.95. The topological polar surface area (TPSA) is 173 Å². The molecule has 34 heavy (non-hydrogen) atoms. The van der Waals surface area contributed by atoms with Crippen LogP contribution in [0.4, 0.5) is 22.7 Å². The Morgan fingerprint density at radius 1 is 0.500 bits per heavy atom. The maximum Gasteiger partial charge on any atom is 0.283 e. The van der Waals surface area contributed by atoms with Crippen LogP contribution in [0.15, 0.2) is 60.7 Å². The largest absolute Gasteiger partial charge is 0.283 e. The Labute approximate surface area is 190 Å². The Bertz CT molecular complexity index is 1280. The molecule has 0 saturated carbocycles. The van der Waals surface area contributed by atoms with Crippen molar-refractivity contribution in [2.24, 2.45) is 0 Å². The maximum atomic E-state index is 11.3. The van der Waals surface area contributed by atoms with Crippen LogP contribution < -0.4 is 0 Å². The van der Waals surface area contributed by atoms with Gasteiger partial charge in [-0.3, -0.25) is 40.5 Å². The van der Waals surface area contributed by atoms with Crippen LogP contribution in [-0.2, 0) is 0 Å². The van der Waals surface area contributed by atoms with Gasteiger partial charge < -0.3 is 0 Å². The first kappa shape index (κ1) is 23.4. The molecule has 0 amide bonds. The van der Waals surface area contributed by atoms with Crippen molar-refractivity contribution in [2.45, 2.75) is 0 Å². The Morgan fingerprint density at radius 3 is 1.26 bits per heavy atom. The summed E-state index contributed by atoms with van der Waals surface area (Å²) in [6.45, 7) is 0. The van der Waals surface area contributed by atoms with Crippen LogP contribution in [0.5, 0.6) is 0 Å². The number of hydrogen-bond acceptors (Lipinski definition) is 8. The highest BCUT2D eigenvalue weighted by atomic mass is 16.6. The standard InChI is InChI=1S/C22H14N4O8/c27-23(28)19-10-8-17(21(13-19)25(31)32)6-4-15-2-1-3-16(12-15)5-7-18-9-11-20(24(29)30)14-22(18)26(33)34/h1-14H/b6-4-,7-5?. The molecule has 3 rings (SSSR count). The minimum Gasteiger partial charge on any atom is -0.258 e. The third-order valence-corrected chi connectivity index (χ3v) is 4.66. The van der Waals surface area contributed by atoms with Crippen molar-refractivity contribution in [3.63, 3.8) is 0 Å². The zero-order chi connectivity index (χ0) is 24.8. The predicted molar refractivity (Wildman–Crippen MR) is 124 cm³/mol. The average Bonchev–Trinajstić information content (AvgIpc) is 2.81. The summed E-state index contributed by atoms with van der Waals surface area (Å²) in [5.74, 6) is 0. The SMILES string of the molecule is O=[N+]([O-])c1ccc(C=Cc2cccc(/C=C\c3ccc([N+](=O)[O-])cc3[N+](=O)[O-])c2)c([N+](=O)[O-])c1. The van der Waals surface area contributed by atoms with Crippen LogP contribution in [0.2, 0.25) is 0 Å². The average molecular weight is 462 g/mol. The minimum absolute atomic E-state index is 0.179. The second kappa shape index (κ2) is 9.91. The molecule has 3 aromatic carbocycles. The van der Waals surface area contributed by atoms with Gasteiger partial charge in [0.2, 0.25) is 0 Å². The summed E-state index contributed by atoms with van der Waals surface area (Å²) in [5.41, 5.74) is 0.0451. The zero-order valence-corrected chi connectivity index (χ0v) is 17.1. The summed E-state index contributed by atoms with van der Waals surface area (Å²) in [6, 6.07) is 13.5. The van der Waals surface area contributed by atoms with Gasteiger partial charge in [0.05, 0.1) is 43.0 Å². The van der Waals surface area contributed by atoms with Crippen molar-refractivity contribution >= 4 is 47.1 Å². The van der Waals surface area contributed by atoms with Gasteiger partial charge in [-0.15, -0.1) is 0 Å². The highest BCUT2D eigenvalue weighted by Crippen LogP contribution is 2.28. The van der Waals surface area contributed by atoms with Crippen molar-refractivity contribution in [1.82, 2.24) is 0 Å². The number of nitro benzene ring substituents is 4. The van der Waals surface area contributed by atoms with E-state index in [4.69, 9.17) is 0 Å². The van der Waals surface area contributed by atoms with Crippen molar-refractivity contribution in [3.05, 3.63) is 123 Å². The molecule has 0 unspecified atom stereocenters. The fraction of sp³-hybridized carbons (Fsp3) is 0. The summed E-state index contributed by atoms with van der Waals surface area (Å²) in [5, 5.41) is 44.3. The lowest BCUT2D eigenvalue weighted by atomic mass is 10.1. The van der Waals surface area contributed by atoms with Crippen molar-refractivity contribution in [2.75, 3.05) is 0 Å². The van der Waals surface area contributed by atoms with E-state index >= 15 is 0 Å². The number of benzene rings is 3. The van der Waals surface area contributed by atoms with E-state index in [9.17, 15) is 40.5 Å². The van der Waals surface area contributed by atoms with Crippen molar-refractivity contribution in [1.29, 1.82) is 0 Å². The van der Waals surface area contributed by atoms with Crippen LogP contribution in [0.3, 0.4) is 0 Å². The monoisotopic (exact) mass is 462 g/mol. The zero-order valence-electron chi connectivity index (χ0n) is 17.1. The number of nitro groups is 4. The van der Waals surface area contributed by atoms with Gasteiger partial charge in [0.1, 0.15) is 0 Å². The number of nitrogens with zero attached hydrogens (tertiary/aromatic N) is 4. The van der Waals surface area contributed by atoms with Crippen LogP contribution in [0.25, 0.3) is 24.3 Å². The molecular weight excluding hydrogens is 448 g/mol. The van der Waals surface area contributed by atoms with Gasteiger partial charge >= 0.3 is 0 Å². The number of non-ortho nitro benzene ring substituents is 2. The molecule has 0 aliphatic rings. The van der Waals surface area contributed by atoms with Gasteiger partial charge in [-0.2, -0.15) is 0 Å². The molecule has 0 fully saturated rings. The molecule has 0 atom stereocenters. The molecule has 0 aliphatic carbocycles. The van der Waals surface area contributed by atoms with Crippen LogP contribution >= 0.6 is 0 Å². The van der Waals surface area contributed by atoms with E-state index in [2.05, 4.69) is 0 Å². The van der Waals surface area contributed by atoms with Gasteiger partial charge in [0.25, 0.3) is 22.7 Å². The van der Waals surface area contributed by atoms with E-state index in [-0.39, 0.29) is 11.1 Å². The summed E-state index contributed by atoms with van der Waals surface area (Å²) in [7, 11) is 0. The molecule has 0 heterocycles. The minimum atomic E-state index is -0.717. The van der Waals surface area contributed by atoms with E-state index in [0.29, 0.717) is 11.1 Å². The third kappa shape index (κ3) is 5.50. The number of rotatable bonds is 8. The summed E-state index contributed by atoms with van der Waals surface area (Å²) in [4.78, 5) is 41.4. The molecule has 0 spiro atoms. The molecule has 12 nitrogen and oxygen atoms in total. The van der Waals surface area contributed by atoms with Crippen molar-refractivity contribution in [3.8, 4) is 0 Å². The Morgan fingerprint density at radius 2 is 0.912 bits per heavy atom. The molecule has 0 aromatic heterocycles. The molecule has 0 saturated heterocycles. The van der Waals surface area contributed by atoms with Crippen molar-refractivity contribution < 1.29 is 19.7 Å². The Kier molecular flexibility index (Phi) is 6.82. The fourth-order valence-corrected chi connectivity index (χ4v) is 3.03. The number of hydrogen-bond donors (Lipinski definition) is 0. The molecule has 0 radical (unpaired) electrons. The lowest BCUT2D eigenvalue weighted by molar-refractivity contribution is -0.394. The molecule has 0 aliphatic heterocycles. The van der Waals surface area contributed by atoms with E-state index in [1.807, 2.05) is 0 Å². The first-order chi connectivity index (χ1) is 16.2.